The third kappa shape index (κ3) is 4.43. The number of aromatic nitrogens is 2. The largest absolute Gasteiger partial charge is 0.497 e. The number of terminal acetylenes is 1. The molecule has 1 amide bonds. The molecule has 0 unspecified atom stereocenters. The molecule has 182 valence electrons. The highest BCUT2D eigenvalue weighted by atomic mass is 16.5. The number of hydrogen-bond donors (Lipinski definition) is 1. The van der Waals surface area contributed by atoms with Crippen LogP contribution in [0.5, 0.6) is 5.75 Å². The predicted molar refractivity (Wildman–Crippen MR) is 149 cm³/mol. The lowest BCUT2D eigenvalue weighted by atomic mass is 10.0. The van der Waals surface area contributed by atoms with Crippen molar-refractivity contribution < 1.29 is 9.53 Å². The molecule has 0 fully saturated rings. The number of amides is 1. The molecule has 2 aromatic heterocycles. The van der Waals surface area contributed by atoms with Gasteiger partial charge in [0.25, 0.3) is 5.91 Å². The van der Waals surface area contributed by atoms with Crippen molar-refractivity contribution in [3.8, 4) is 29.4 Å². The van der Waals surface area contributed by atoms with Gasteiger partial charge < -0.3 is 9.30 Å². The molecule has 0 saturated heterocycles. The Hall–Kier alpha value is -4.89. The van der Waals surface area contributed by atoms with E-state index in [0.29, 0.717) is 17.8 Å². The smallest absolute Gasteiger partial charge is 0.272 e. The normalized spacial score (nSPS) is 11.2. The molecule has 2 heterocycles. The molecule has 0 aliphatic rings. The average molecular weight is 487 g/mol. The van der Waals surface area contributed by atoms with Gasteiger partial charge in [0.1, 0.15) is 5.75 Å². The summed E-state index contributed by atoms with van der Waals surface area (Å²) in [4.78, 5) is 18.1. The number of ether oxygens (including phenoxy) is 1. The second-order valence-electron chi connectivity index (χ2n) is 8.76. The van der Waals surface area contributed by atoms with Gasteiger partial charge in [-0.3, -0.25) is 4.79 Å². The van der Waals surface area contributed by atoms with Crippen molar-refractivity contribution in [1.82, 2.24) is 15.0 Å². The van der Waals surface area contributed by atoms with Crippen LogP contribution < -0.4 is 10.2 Å². The van der Waals surface area contributed by atoms with Crippen LogP contribution in [0.15, 0.2) is 77.9 Å². The van der Waals surface area contributed by atoms with Crippen LogP contribution in [0.1, 0.15) is 27.2 Å². The lowest BCUT2D eigenvalue weighted by Gasteiger charge is -2.09. The minimum Gasteiger partial charge on any atom is -0.497 e. The van der Waals surface area contributed by atoms with Crippen molar-refractivity contribution in [2.45, 2.75) is 20.4 Å². The second-order valence-corrected chi connectivity index (χ2v) is 8.76. The van der Waals surface area contributed by atoms with Crippen molar-refractivity contribution in [2.75, 3.05) is 7.11 Å². The first-order chi connectivity index (χ1) is 18.0. The minimum atomic E-state index is -0.314. The Morgan fingerprint density at radius 2 is 1.84 bits per heavy atom. The van der Waals surface area contributed by atoms with Gasteiger partial charge in [0, 0.05) is 27.6 Å². The summed E-state index contributed by atoms with van der Waals surface area (Å²) in [6, 6.07) is 23.1. The number of aryl methyl sites for hydroxylation is 1. The van der Waals surface area contributed by atoms with E-state index >= 15 is 0 Å². The Kier molecular flexibility index (Phi) is 6.44. The van der Waals surface area contributed by atoms with Crippen LogP contribution in [-0.4, -0.2) is 28.8 Å². The van der Waals surface area contributed by atoms with Gasteiger partial charge in [-0.15, -0.1) is 6.42 Å². The molecule has 1 N–H and O–H groups in total. The van der Waals surface area contributed by atoms with Gasteiger partial charge in [-0.25, -0.2) is 10.4 Å². The molecule has 0 aliphatic heterocycles. The molecule has 0 bridgehead atoms. The third-order valence-corrected chi connectivity index (χ3v) is 6.55. The summed E-state index contributed by atoms with van der Waals surface area (Å²) in [5.74, 6) is 3.17. The predicted octanol–water partition coefficient (Wildman–Crippen LogP) is 5.88. The Balaban J connectivity index is 1.50. The first kappa shape index (κ1) is 23.8. The van der Waals surface area contributed by atoms with Gasteiger partial charge in [0.05, 0.1) is 42.2 Å². The Morgan fingerprint density at radius 3 is 2.59 bits per heavy atom. The van der Waals surface area contributed by atoms with E-state index < -0.39 is 0 Å². The van der Waals surface area contributed by atoms with Crippen molar-refractivity contribution in [1.29, 1.82) is 0 Å². The molecule has 0 saturated carbocycles. The molecule has 3 aromatic carbocycles. The molecule has 6 heteroatoms. The van der Waals surface area contributed by atoms with E-state index in [4.69, 9.17) is 16.1 Å². The highest BCUT2D eigenvalue weighted by Gasteiger charge is 2.16. The maximum Gasteiger partial charge on any atom is 0.272 e. The molecular formula is C31H26N4O2. The van der Waals surface area contributed by atoms with Gasteiger partial charge in [-0.1, -0.05) is 42.3 Å². The van der Waals surface area contributed by atoms with E-state index in [1.807, 2.05) is 67.6 Å². The number of fused-ring (bicyclic) bond motifs is 2. The number of hydrazone groups is 1. The number of methoxy groups -OCH3 is 1. The third-order valence-electron chi connectivity index (χ3n) is 6.55. The van der Waals surface area contributed by atoms with Crippen LogP contribution in [0.3, 0.4) is 0 Å². The number of carbonyl (C=O) groups is 1. The number of para-hydroxylation sites is 2. The van der Waals surface area contributed by atoms with Gasteiger partial charge in [0.2, 0.25) is 0 Å². The minimum absolute atomic E-state index is 0.314. The summed E-state index contributed by atoms with van der Waals surface area (Å²) in [5.41, 5.74) is 9.66. The first-order valence-electron chi connectivity index (χ1n) is 11.9. The lowest BCUT2D eigenvalue weighted by Crippen LogP contribution is -2.18. The maximum atomic E-state index is 13.3. The van der Waals surface area contributed by atoms with Crippen LogP contribution in [0, 0.1) is 26.2 Å². The van der Waals surface area contributed by atoms with E-state index in [-0.39, 0.29) is 5.91 Å². The summed E-state index contributed by atoms with van der Waals surface area (Å²) in [6.45, 7) is 4.54. The van der Waals surface area contributed by atoms with Crippen LogP contribution in [0.4, 0.5) is 0 Å². The Morgan fingerprint density at radius 1 is 1.08 bits per heavy atom. The molecule has 0 radical (unpaired) electrons. The van der Waals surface area contributed by atoms with E-state index in [1.165, 1.54) is 0 Å². The topological polar surface area (TPSA) is 68.5 Å². The van der Waals surface area contributed by atoms with Crippen LogP contribution in [0.2, 0.25) is 0 Å². The van der Waals surface area contributed by atoms with Crippen molar-refractivity contribution >= 4 is 33.9 Å². The fraction of sp³-hybridized carbons (Fsp3) is 0.129. The Labute approximate surface area is 215 Å². The maximum absolute atomic E-state index is 13.3. The number of hydrogen-bond acceptors (Lipinski definition) is 4. The van der Waals surface area contributed by atoms with E-state index in [9.17, 15) is 4.79 Å². The standard InChI is InChI=1S/C31H26N4O2/c1-5-17-35-21(3)27(25-11-8-9-20(2)30(25)35)19-32-34-31(36)26-18-29(22-13-15-23(37-4)16-14-22)33-28-12-7-6-10-24(26)28/h1,6-16,18-19H,17H2,2-4H3,(H,34,36)/b32-19+. The fourth-order valence-electron chi connectivity index (χ4n) is 4.68. The van der Waals surface area contributed by atoms with Gasteiger partial charge in [0.15, 0.2) is 0 Å². The summed E-state index contributed by atoms with van der Waals surface area (Å²) < 4.78 is 7.37. The number of rotatable bonds is 6. The van der Waals surface area contributed by atoms with E-state index in [0.717, 1.165) is 49.9 Å². The van der Waals surface area contributed by atoms with Gasteiger partial charge in [-0.05, 0) is 55.8 Å². The van der Waals surface area contributed by atoms with Crippen LogP contribution in [-0.2, 0) is 6.54 Å². The van der Waals surface area contributed by atoms with Crippen molar-refractivity contribution in [3.05, 3.63) is 95.2 Å². The lowest BCUT2D eigenvalue weighted by molar-refractivity contribution is 0.0956. The first-order valence-corrected chi connectivity index (χ1v) is 11.9. The summed E-state index contributed by atoms with van der Waals surface area (Å²) in [7, 11) is 1.63. The number of pyridine rings is 1. The molecular weight excluding hydrogens is 460 g/mol. The van der Waals surface area contributed by atoms with Gasteiger partial charge in [-0.2, -0.15) is 5.10 Å². The zero-order valence-corrected chi connectivity index (χ0v) is 20.9. The van der Waals surface area contributed by atoms with Gasteiger partial charge >= 0.3 is 0 Å². The molecule has 5 rings (SSSR count). The molecule has 0 atom stereocenters. The highest BCUT2D eigenvalue weighted by Crippen LogP contribution is 2.28. The average Bonchev–Trinajstić information content (AvgIpc) is 3.19. The zero-order valence-electron chi connectivity index (χ0n) is 20.9. The molecule has 5 aromatic rings. The molecule has 37 heavy (non-hydrogen) atoms. The fourth-order valence-corrected chi connectivity index (χ4v) is 4.68. The number of nitrogens with zero attached hydrogens (tertiary/aromatic N) is 3. The molecule has 0 spiro atoms. The van der Waals surface area contributed by atoms with E-state index in [1.54, 1.807) is 19.4 Å². The van der Waals surface area contributed by atoms with Crippen LogP contribution >= 0.6 is 0 Å². The Bertz CT molecular complexity index is 1710. The van der Waals surface area contributed by atoms with Crippen LogP contribution in [0.25, 0.3) is 33.1 Å². The zero-order chi connectivity index (χ0) is 25.9. The summed E-state index contributed by atoms with van der Waals surface area (Å²) >= 11 is 0. The second kappa shape index (κ2) is 10.00. The quantitative estimate of drug-likeness (QED) is 0.185. The monoisotopic (exact) mass is 486 g/mol. The van der Waals surface area contributed by atoms with E-state index in [2.05, 4.69) is 34.0 Å². The van der Waals surface area contributed by atoms with Crippen molar-refractivity contribution in [3.63, 3.8) is 0 Å². The molecule has 6 nitrogen and oxygen atoms in total. The number of carbonyl (C=O) groups excluding carboxylic acids is 1. The number of nitrogens with one attached hydrogen (secondary N) is 1. The summed E-state index contributed by atoms with van der Waals surface area (Å²) in [6.07, 6.45) is 7.32. The summed E-state index contributed by atoms with van der Waals surface area (Å²) in [5, 5.41) is 6.14. The highest BCUT2D eigenvalue weighted by molar-refractivity contribution is 6.08. The SMILES string of the molecule is C#CCn1c(C)c(/C=N/NC(=O)c2cc(-c3ccc(OC)cc3)nc3ccccc23)c2cccc(C)c21. The number of benzene rings is 3. The molecule has 0 aliphatic carbocycles. The van der Waals surface area contributed by atoms with Crippen molar-refractivity contribution in [2.24, 2.45) is 5.10 Å².